The van der Waals surface area contributed by atoms with Crippen LogP contribution < -0.4 is 10.6 Å². The molecule has 0 aliphatic carbocycles. The third-order valence-electron chi connectivity index (χ3n) is 3.52. The van der Waals surface area contributed by atoms with Gasteiger partial charge < -0.3 is 0 Å². The molecule has 0 bridgehead atoms. The van der Waals surface area contributed by atoms with Gasteiger partial charge in [0.15, 0.2) is 0 Å². The van der Waals surface area contributed by atoms with E-state index in [4.69, 9.17) is 11.6 Å². The molecule has 4 heteroatoms. The molecule has 0 fully saturated rings. The van der Waals surface area contributed by atoms with E-state index >= 15 is 0 Å². The Labute approximate surface area is 126 Å². The van der Waals surface area contributed by atoms with Gasteiger partial charge >= 0.3 is 0 Å². The number of rotatable bonds is 3. The van der Waals surface area contributed by atoms with Gasteiger partial charge in [-0.25, -0.2) is 0 Å². The number of ketones is 1. The standard InChI is InChI=1S/C17H12ClNO2/c1-10-7-8-13-12(9-10)14(16(20)17(18)21)15(19-13)11-5-3-2-4-6-11/h2-9,15H,1H3. The lowest BCUT2D eigenvalue weighted by Crippen LogP contribution is -2.27. The molecule has 3 nitrogen and oxygen atoms in total. The maximum Gasteiger partial charge on any atom is 0.292 e. The summed E-state index contributed by atoms with van der Waals surface area (Å²) in [6.45, 7) is 1.93. The van der Waals surface area contributed by atoms with E-state index in [1.165, 1.54) is 0 Å². The molecule has 0 spiro atoms. The van der Waals surface area contributed by atoms with Crippen LogP contribution in [0.15, 0.2) is 53.5 Å². The maximum atomic E-state index is 12.2. The van der Waals surface area contributed by atoms with Crippen molar-refractivity contribution in [3.8, 4) is 0 Å². The van der Waals surface area contributed by atoms with Crippen molar-refractivity contribution in [3.05, 3.63) is 70.2 Å². The third kappa shape index (κ3) is 2.41. The number of carbonyl (C=O) groups excluding carboxylic acids is 2. The van der Waals surface area contributed by atoms with Crippen LogP contribution in [0.1, 0.15) is 17.2 Å². The number of hydrogen-bond acceptors (Lipinski definition) is 3. The zero-order valence-corrected chi connectivity index (χ0v) is 12.1. The van der Waals surface area contributed by atoms with Gasteiger partial charge in [0.05, 0.1) is 5.36 Å². The predicted octanol–water partition coefficient (Wildman–Crippen LogP) is 1.85. The third-order valence-corrected chi connectivity index (χ3v) is 3.69. The molecule has 1 heterocycles. The van der Waals surface area contributed by atoms with Gasteiger partial charge in [-0.3, -0.25) is 14.6 Å². The number of nitrogens with zero attached hydrogens (tertiary/aromatic N) is 1. The SMILES string of the molecule is Cc1ccc2c(c1)=C(C(=O)C(=O)Cl)C(c1ccccc1)N=2. The van der Waals surface area contributed by atoms with E-state index in [1.807, 2.05) is 55.5 Å². The molecule has 104 valence electrons. The summed E-state index contributed by atoms with van der Waals surface area (Å²) in [5, 5.41) is 0.439. The number of benzene rings is 2. The lowest BCUT2D eigenvalue weighted by atomic mass is 9.96. The van der Waals surface area contributed by atoms with E-state index in [9.17, 15) is 9.59 Å². The van der Waals surface area contributed by atoms with Crippen LogP contribution in [0.4, 0.5) is 0 Å². The van der Waals surface area contributed by atoms with Crippen LogP contribution in [-0.4, -0.2) is 11.0 Å². The number of hydrogen-bond donors (Lipinski definition) is 0. The Bertz CT molecular complexity index is 856. The lowest BCUT2D eigenvalue weighted by Gasteiger charge is -2.11. The Kier molecular flexibility index (Phi) is 3.43. The second kappa shape index (κ2) is 5.26. The molecule has 1 atom stereocenters. The molecule has 0 N–H and O–H groups in total. The molecule has 21 heavy (non-hydrogen) atoms. The number of halogens is 1. The van der Waals surface area contributed by atoms with Crippen molar-refractivity contribution in [1.29, 1.82) is 0 Å². The highest BCUT2D eigenvalue weighted by Crippen LogP contribution is 2.28. The minimum absolute atomic E-state index is 0.361. The molecule has 0 aromatic heterocycles. The van der Waals surface area contributed by atoms with Gasteiger partial charge in [-0.05, 0) is 36.2 Å². The minimum Gasteiger partial charge on any atom is -0.284 e. The molecule has 0 saturated carbocycles. The zero-order valence-electron chi connectivity index (χ0n) is 11.3. The molecule has 0 saturated heterocycles. The lowest BCUT2D eigenvalue weighted by molar-refractivity contribution is -0.128. The Morgan fingerprint density at radius 2 is 1.81 bits per heavy atom. The monoisotopic (exact) mass is 297 g/mol. The van der Waals surface area contributed by atoms with Gasteiger partial charge in [0.2, 0.25) is 5.78 Å². The van der Waals surface area contributed by atoms with E-state index < -0.39 is 17.1 Å². The molecule has 2 aromatic rings. The first-order valence-electron chi connectivity index (χ1n) is 6.56. The van der Waals surface area contributed by atoms with Crippen molar-refractivity contribution in [1.82, 2.24) is 0 Å². The van der Waals surface area contributed by atoms with E-state index in [1.54, 1.807) is 0 Å². The Morgan fingerprint density at radius 1 is 1.10 bits per heavy atom. The topological polar surface area (TPSA) is 46.5 Å². The van der Waals surface area contributed by atoms with Crippen LogP contribution in [0.5, 0.6) is 0 Å². The van der Waals surface area contributed by atoms with E-state index in [2.05, 4.69) is 4.99 Å². The summed E-state index contributed by atoms with van der Waals surface area (Å²) < 4.78 is 0. The average molecular weight is 298 g/mol. The van der Waals surface area contributed by atoms with Crippen molar-refractivity contribution < 1.29 is 9.59 Å². The van der Waals surface area contributed by atoms with Crippen molar-refractivity contribution in [3.63, 3.8) is 0 Å². The molecule has 2 aromatic carbocycles. The molecule has 0 radical (unpaired) electrons. The molecule has 1 aliphatic heterocycles. The van der Waals surface area contributed by atoms with E-state index in [-0.39, 0.29) is 0 Å². The number of Topliss-reactive ketones (excluding diaryl/α,β-unsaturated/α-hetero) is 1. The normalized spacial score (nSPS) is 16.3. The highest BCUT2D eigenvalue weighted by Gasteiger charge is 2.30. The van der Waals surface area contributed by atoms with Gasteiger partial charge in [-0.1, -0.05) is 42.0 Å². The quantitative estimate of drug-likeness (QED) is 0.641. The summed E-state index contributed by atoms with van der Waals surface area (Å²) in [5.74, 6) is -0.682. The van der Waals surface area contributed by atoms with Crippen LogP contribution in [-0.2, 0) is 9.59 Å². The van der Waals surface area contributed by atoms with Crippen LogP contribution >= 0.6 is 11.6 Å². The van der Waals surface area contributed by atoms with Gasteiger partial charge in [-0.2, -0.15) is 0 Å². The molecule has 1 aliphatic rings. The first kappa shape index (κ1) is 13.7. The Balaban J connectivity index is 2.29. The van der Waals surface area contributed by atoms with Crippen molar-refractivity contribution in [2.24, 2.45) is 4.99 Å². The van der Waals surface area contributed by atoms with E-state index in [0.29, 0.717) is 10.8 Å². The molecule has 0 amide bonds. The van der Waals surface area contributed by atoms with E-state index in [0.717, 1.165) is 16.5 Å². The Hall–Kier alpha value is -2.26. The first-order chi connectivity index (χ1) is 10.1. The van der Waals surface area contributed by atoms with Crippen molar-refractivity contribution >= 4 is 28.2 Å². The minimum atomic E-state index is -0.976. The zero-order chi connectivity index (χ0) is 15.0. The number of fused-ring (bicyclic) bond motifs is 1. The largest absolute Gasteiger partial charge is 0.292 e. The first-order valence-corrected chi connectivity index (χ1v) is 6.93. The van der Waals surface area contributed by atoms with Crippen LogP contribution in [0.2, 0.25) is 0 Å². The van der Waals surface area contributed by atoms with Crippen LogP contribution in [0.3, 0.4) is 0 Å². The summed E-state index contributed by atoms with van der Waals surface area (Å²) in [5.41, 5.74) is 2.23. The second-order valence-electron chi connectivity index (χ2n) is 4.98. The summed E-state index contributed by atoms with van der Waals surface area (Å²) >= 11 is 5.42. The highest BCUT2D eigenvalue weighted by atomic mass is 35.5. The fraction of sp³-hybridized carbons (Fsp3) is 0.118. The van der Waals surface area contributed by atoms with Gasteiger partial charge in [0.25, 0.3) is 5.24 Å². The average Bonchev–Trinajstić information content (AvgIpc) is 2.85. The van der Waals surface area contributed by atoms with Crippen molar-refractivity contribution in [2.75, 3.05) is 0 Å². The molecular weight excluding hydrogens is 286 g/mol. The fourth-order valence-corrected chi connectivity index (χ4v) is 2.66. The predicted molar refractivity (Wildman–Crippen MR) is 80.4 cm³/mol. The molecule has 1 unspecified atom stereocenters. The highest BCUT2D eigenvalue weighted by molar-refractivity contribution is 6.85. The number of aryl methyl sites for hydroxylation is 1. The van der Waals surface area contributed by atoms with Gasteiger partial charge in [0.1, 0.15) is 6.04 Å². The smallest absolute Gasteiger partial charge is 0.284 e. The molecule has 3 rings (SSSR count). The fourth-order valence-electron chi connectivity index (χ4n) is 2.56. The second-order valence-corrected chi connectivity index (χ2v) is 5.32. The van der Waals surface area contributed by atoms with Gasteiger partial charge in [-0.15, -0.1) is 0 Å². The molecular formula is C17H12ClNO2. The van der Waals surface area contributed by atoms with Crippen molar-refractivity contribution in [2.45, 2.75) is 13.0 Å². The maximum absolute atomic E-state index is 12.2. The summed E-state index contributed by atoms with van der Waals surface area (Å²) in [6.07, 6.45) is 0. The summed E-state index contributed by atoms with van der Waals surface area (Å²) in [6, 6.07) is 14.6. The Morgan fingerprint density at radius 3 is 2.48 bits per heavy atom. The van der Waals surface area contributed by atoms with Crippen LogP contribution in [0.25, 0.3) is 5.57 Å². The summed E-state index contributed by atoms with van der Waals surface area (Å²) in [4.78, 5) is 28.2. The van der Waals surface area contributed by atoms with Gasteiger partial charge in [0, 0.05) is 10.8 Å². The number of carbonyl (C=O) groups is 2. The summed E-state index contributed by atoms with van der Waals surface area (Å²) in [7, 11) is 0. The van der Waals surface area contributed by atoms with Crippen LogP contribution in [0, 0.1) is 6.92 Å².